The van der Waals surface area contributed by atoms with Crippen LogP contribution in [0.25, 0.3) is 22.0 Å². The van der Waals surface area contributed by atoms with Crippen molar-refractivity contribution >= 4 is 10.9 Å². The van der Waals surface area contributed by atoms with E-state index in [4.69, 9.17) is 10.7 Å². The third-order valence-corrected chi connectivity index (χ3v) is 3.84. The molecule has 3 nitrogen and oxygen atoms in total. The number of nitrogens with two attached hydrogens (primary N) is 1. The molecule has 0 amide bonds. The van der Waals surface area contributed by atoms with Gasteiger partial charge < -0.3 is 5.73 Å². The molecule has 1 aromatic carbocycles. The maximum absolute atomic E-state index is 6.30. The predicted molar refractivity (Wildman–Crippen MR) is 91.4 cm³/mol. The van der Waals surface area contributed by atoms with Gasteiger partial charge in [0.05, 0.1) is 11.2 Å². The molecule has 1 unspecified atom stereocenters. The highest BCUT2D eigenvalue weighted by atomic mass is 14.8. The van der Waals surface area contributed by atoms with Crippen LogP contribution >= 0.6 is 0 Å². The van der Waals surface area contributed by atoms with Crippen LogP contribution in [0.4, 0.5) is 0 Å². The van der Waals surface area contributed by atoms with E-state index in [2.05, 4.69) is 43.1 Å². The van der Waals surface area contributed by atoms with E-state index in [1.807, 2.05) is 30.6 Å². The van der Waals surface area contributed by atoms with Crippen LogP contribution in [0.5, 0.6) is 0 Å². The summed E-state index contributed by atoms with van der Waals surface area (Å²) < 4.78 is 0. The number of aromatic nitrogens is 2. The van der Waals surface area contributed by atoms with Crippen LogP contribution in [-0.2, 0) is 0 Å². The van der Waals surface area contributed by atoms with E-state index in [0.29, 0.717) is 5.92 Å². The maximum atomic E-state index is 6.30. The highest BCUT2D eigenvalue weighted by molar-refractivity contribution is 5.93. The van der Waals surface area contributed by atoms with Crippen molar-refractivity contribution in [2.24, 2.45) is 11.7 Å². The molecule has 0 aliphatic carbocycles. The van der Waals surface area contributed by atoms with Crippen molar-refractivity contribution in [3.8, 4) is 11.1 Å². The highest BCUT2D eigenvalue weighted by Gasteiger charge is 2.12. The molecule has 112 valence electrons. The van der Waals surface area contributed by atoms with E-state index >= 15 is 0 Å². The fourth-order valence-electron chi connectivity index (χ4n) is 2.76. The molecule has 2 heterocycles. The number of hydrogen-bond acceptors (Lipinski definition) is 3. The van der Waals surface area contributed by atoms with Crippen LogP contribution in [0.3, 0.4) is 0 Å². The number of fused-ring (bicyclic) bond motifs is 1. The number of hydrogen-bond donors (Lipinski definition) is 1. The summed E-state index contributed by atoms with van der Waals surface area (Å²) in [6.45, 7) is 4.37. The molecule has 0 fully saturated rings. The van der Waals surface area contributed by atoms with Gasteiger partial charge in [-0.05, 0) is 36.1 Å². The Hall–Kier alpha value is -2.26. The molecule has 0 aliphatic heterocycles. The van der Waals surface area contributed by atoms with Crippen molar-refractivity contribution in [3.05, 3.63) is 60.6 Å². The maximum Gasteiger partial charge on any atom is 0.0784 e. The first kappa shape index (κ1) is 14.7. The van der Waals surface area contributed by atoms with Gasteiger partial charge in [-0.2, -0.15) is 0 Å². The molecule has 3 aromatic rings. The zero-order valence-electron chi connectivity index (χ0n) is 13.0. The van der Waals surface area contributed by atoms with E-state index in [9.17, 15) is 0 Å². The lowest BCUT2D eigenvalue weighted by Crippen LogP contribution is -2.14. The molecule has 0 bridgehead atoms. The van der Waals surface area contributed by atoms with Crippen molar-refractivity contribution in [1.82, 2.24) is 9.97 Å². The van der Waals surface area contributed by atoms with Crippen LogP contribution < -0.4 is 5.73 Å². The minimum atomic E-state index is -0.0186. The average molecular weight is 291 g/mol. The van der Waals surface area contributed by atoms with E-state index in [1.165, 1.54) is 0 Å². The molecule has 3 heteroatoms. The topological polar surface area (TPSA) is 51.8 Å². The van der Waals surface area contributed by atoms with Gasteiger partial charge in [0.1, 0.15) is 0 Å². The predicted octanol–water partition coefficient (Wildman–Crippen LogP) is 4.34. The second kappa shape index (κ2) is 6.24. The summed E-state index contributed by atoms with van der Waals surface area (Å²) in [5.41, 5.74) is 10.5. The molecular formula is C19H21N3. The molecule has 0 spiro atoms. The van der Waals surface area contributed by atoms with Gasteiger partial charge in [-0.1, -0.05) is 38.1 Å². The van der Waals surface area contributed by atoms with Gasteiger partial charge in [0.25, 0.3) is 0 Å². The van der Waals surface area contributed by atoms with Gasteiger partial charge in [0, 0.05) is 29.4 Å². The minimum Gasteiger partial charge on any atom is -0.323 e. The normalized spacial score (nSPS) is 12.7. The molecule has 0 saturated heterocycles. The molecule has 2 N–H and O–H groups in total. The molecular weight excluding hydrogens is 270 g/mol. The van der Waals surface area contributed by atoms with Crippen molar-refractivity contribution in [2.45, 2.75) is 26.3 Å². The molecule has 22 heavy (non-hydrogen) atoms. The van der Waals surface area contributed by atoms with Gasteiger partial charge in [0.2, 0.25) is 0 Å². The summed E-state index contributed by atoms with van der Waals surface area (Å²) in [6, 6.07) is 14.4. The van der Waals surface area contributed by atoms with Gasteiger partial charge in [-0.3, -0.25) is 9.97 Å². The van der Waals surface area contributed by atoms with Crippen LogP contribution in [0.1, 0.15) is 32.0 Å². The largest absolute Gasteiger partial charge is 0.323 e. The second-order valence-corrected chi connectivity index (χ2v) is 6.09. The Labute approximate surface area is 131 Å². The Morgan fingerprint density at radius 3 is 2.50 bits per heavy atom. The Kier molecular flexibility index (Phi) is 4.16. The quantitative estimate of drug-likeness (QED) is 0.777. The van der Waals surface area contributed by atoms with E-state index in [0.717, 1.165) is 34.1 Å². The van der Waals surface area contributed by atoms with Gasteiger partial charge in [-0.15, -0.1) is 0 Å². The summed E-state index contributed by atoms with van der Waals surface area (Å²) in [6.07, 6.45) is 4.56. The fourth-order valence-corrected chi connectivity index (χ4v) is 2.76. The Morgan fingerprint density at radius 2 is 1.77 bits per heavy atom. The van der Waals surface area contributed by atoms with Crippen molar-refractivity contribution < 1.29 is 0 Å². The first-order chi connectivity index (χ1) is 10.6. The van der Waals surface area contributed by atoms with Gasteiger partial charge >= 0.3 is 0 Å². The molecule has 1 atom stereocenters. The van der Waals surface area contributed by atoms with Crippen molar-refractivity contribution in [3.63, 3.8) is 0 Å². The smallest absolute Gasteiger partial charge is 0.0784 e. The van der Waals surface area contributed by atoms with Gasteiger partial charge in [-0.25, -0.2) is 0 Å². The number of pyridine rings is 2. The fraction of sp³-hybridized carbons (Fsp3) is 0.263. The monoisotopic (exact) mass is 291 g/mol. The van der Waals surface area contributed by atoms with Crippen LogP contribution in [0, 0.1) is 5.92 Å². The molecule has 0 saturated carbocycles. The Balaban J connectivity index is 2.10. The Morgan fingerprint density at radius 1 is 1.00 bits per heavy atom. The molecule has 0 aliphatic rings. The lowest BCUT2D eigenvalue weighted by Gasteiger charge is -2.15. The zero-order chi connectivity index (χ0) is 15.5. The summed E-state index contributed by atoms with van der Waals surface area (Å²) in [4.78, 5) is 8.95. The van der Waals surface area contributed by atoms with Crippen LogP contribution in [0.15, 0.2) is 54.9 Å². The van der Waals surface area contributed by atoms with Crippen LogP contribution in [-0.4, -0.2) is 9.97 Å². The van der Waals surface area contributed by atoms with E-state index in [1.54, 1.807) is 0 Å². The molecule has 3 rings (SSSR count). The standard InChI is InChI=1S/C19H21N3/c1-13(2)12-17(20)18-7-6-15-4-3-5-16(19(15)22-18)14-8-10-21-11-9-14/h3-11,13,17H,12,20H2,1-2H3. The van der Waals surface area contributed by atoms with Crippen LogP contribution in [0.2, 0.25) is 0 Å². The van der Waals surface area contributed by atoms with Gasteiger partial charge in [0.15, 0.2) is 0 Å². The lowest BCUT2D eigenvalue weighted by molar-refractivity contribution is 0.503. The zero-order valence-corrected chi connectivity index (χ0v) is 13.0. The number of rotatable bonds is 4. The SMILES string of the molecule is CC(C)CC(N)c1ccc2cccc(-c3ccncc3)c2n1. The highest BCUT2D eigenvalue weighted by Crippen LogP contribution is 2.28. The number of benzene rings is 1. The minimum absolute atomic E-state index is 0.0186. The molecule has 0 radical (unpaired) electrons. The number of nitrogens with zero attached hydrogens (tertiary/aromatic N) is 2. The van der Waals surface area contributed by atoms with E-state index in [-0.39, 0.29) is 6.04 Å². The first-order valence-corrected chi connectivity index (χ1v) is 7.71. The average Bonchev–Trinajstić information content (AvgIpc) is 2.54. The third kappa shape index (κ3) is 3.00. The number of para-hydroxylation sites is 1. The molecule has 2 aromatic heterocycles. The van der Waals surface area contributed by atoms with E-state index < -0.39 is 0 Å². The third-order valence-electron chi connectivity index (χ3n) is 3.84. The van der Waals surface area contributed by atoms with Crippen molar-refractivity contribution in [1.29, 1.82) is 0 Å². The lowest BCUT2D eigenvalue weighted by atomic mass is 9.99. The Bertz CT molecular complexity index is 766. The second-order valence-electron chi connectivity index (χ2n) is 6.09. The first-order valence-electron chi connectivity index (χ1n) is 7.71. The van der Waals surface area contributed by atoms with Crippen molar-refractivity contribution in [2.75, 3.05) is 0 Å². The summed E-state index contributed by atoms with van der Waals surface area (Å²) in [5, 5.41) is 1.13. The summed E-state index contributed by atoms with van der Waals surface area (Å²) in [5.74, 6) is 0.558. The summed E-state index contributed by atoms with van der Waals surface area (Å²) in [7, 11) is 0. The summed E-state index contributed by atoms with van der Waals surface area (Å²) >= 11 is 0.